The molecule has 0 bridgehead atoms. The van der Waals surface area contributed by atoms with Crippen LogP contribution in [0.5, 0.6) is 0 Å². The third-order valence-corrected chi connectivity index (χ3v) is 3.12. The highest BCUT2D eigenvalue weighted by molar-refractivity contribution is 5.72. The molecule has 0 aromatic heterocycles. The second-order valence-corrected chi connectivity index (χ2v) is 4.33. The Labute approximate surface area is 90.0 Å². The summed E-state index contributed by atoms with van der Waals surface area (Å²) in [5.74, 6) is -0.195. The number of amides is 1. The summed E-state index contributed by atoms with van der Waals surface area (Å²) in [4.78, 5) is 21.3. The van der Waals surface area contributed by atoms with Crippen molar-refractivity contribution < 1.29 is 14.7 Å². The molecule has 2 N–H and O–H groups in total. The summed E-state index contributed by atoms with van der Waals surface area (Å²) in [5, 5.41) is 11.6. The van der Waals surface area contributed by atoms with Gasteiger partial charge >= 0.3 is 5.97 Å². The molecule has 1 aliphatic rings. The van der Waals surface area contributed by atoms with E-state index in [4.69, 9.17) is 5.11 Å². The van der Waals surface area contributed by atoms with E-state index in [0.717, 1.165) is 38.6 Å². The molecule has 0 unspecified atom stereocenters. The molecule has 0 saturated heterocycles. The molecule has 0 heterocycles. The van der Waals surface area contributed by atoms with Crippen molar-refractivity contribution in [1.82, 2.24) is 5.32 Å². The molecule has 1 saturated carbocycles. The predicted octanol–water partition coefficient (Wildman–Crippen LogP) is 1.40. The summed E-state index contributed by atoms with van der Waals surface area (Å²) in [6.07, 6.45) is 4.53. The van der Waals surface area contributed by atoms with Gasteiger partial charge in [-0.05, 0) is 38.0 Å². The first-order valence-corrected chi connectivity index (χ1v) is 5.57. The Balaban J connectivity index is 2.14. The highest BCUT2D eigenvalue weighted by Gasteiger charge is 2.25. The summed E-state index contributed by atoms with van der Waals surface area (Å²) in [6.45, 7) is 2.24. The largest absolute Gasteiger partial charge is 0.481 e. The lowest BCUT2D eigenvalue weighted by Crippen LogP contribution is -2.26. The van der Waals surface area contributed by atoms with Gasteiger partial charge in [-0.25, -0.2) is 0 Å². The molecular weight excluding hydrogens is 194 g/mol. The van der Waals surface area contributed by atoms with Crippen molar-refractivity contribution in [1.29, 1.82) is 0 Å². The summed E-state index contributed by atoms with van der Waals surface area (Å²) >= 11 is 0. The smallest absolute Gasteiger partial charge is 0.306 e. The van der Waals surface area contributed by atoms with Crippen molar-refractivity contribution in [3.05, 3.63) is 0 Å². The first-order chi connectivity index (χ1) is 7.09. The maximum atomic E-state index is 10.7. The molecule has 86 valence electrons. The Morgan fingerprint density at radius 3 is 2.33 bits per heavy atom. The van der Waals surface area contributed by atoms with Crippen LogP contribution in [0.1, 0.15) is 39.0 Å². The van der Waals surface area contributed by atoms with Crippen LogP contribution in [0.3, 0.4) is 0 Å². The van der Waals surface area contributed by atoms with Gasteiger partial charge in [-0.15, -0.1) is 0 Å². The zero-order valence-corrected chi connectivity index (χ0v) is 9.16. The van der Waals surface area contributed by atoms with Crippen LogP contribution in [-0.4, -0.2) is 23.5 Å². The summed E-state index contributed by atoms with van der Waals surface area (Å²) in [7, 11) is 0. The highest BCUT2D eigenvalue weighted by Crippen LogP contribution is 2.30. The van der Waals surface area contributed by atoms with Crippen LogP contribution in [0.15, 0.2) is 0 Å². The van der Waals surface area contributed by atoms with Crippen LogP contribution in [0.4, 0.5) is 0 Å². The maximum Gasteiger partial charge on any atom is 0.306 e. The van der Waals surface area contributed by atoms with E-state index < -0.39 is 5.97 Å². The Hall–Kier alpha value is -1.06. The Kier molecular flexibility index (Phi) is 4.59. The molecule has 4 nitrogen and oxygen atoms in total. The molecule has 0 atom stereocenters. The van der Waals surface area contributed by atoms with Crippen LogP contribution < -0.4 is 5.32 Å². The third-order valence-electron chi connectivity index (χ3n) is 3.12. The van der Waals surface area contributed by atoms with Gasteiger partial charge in [0.25, 0.3) is 0 Å². The minimum atomic E-state index is -0.657. The molecule has 0 spiro atoms. The average molecular weight is 213 g/mol. The lowest BCUT2D eigenvalue weighted by Gasteiger charge is -2.25. The van der Waals surface area contributed by atoms with Gasteiger partial charge in [0.1, 0.15) is 0 Å². The number of carboxylic acid groups (broad SMARTS) is 1. The molecule has 1 aliphatic carbocycles. The van der Waals surface area contributed by atoms with E-state index in [9.17, 15) is 9.59 Å². The lowest BCUT2D eigenvalue weighted by atomic mass is 9.80. The molecule has 4 heteroatoms. The van der Waals surface area contributed by atoms with Crippen molar-refractivity contribution in [3.8, 4) is 0 Å². The SMILES string of the molecule is CC(=O)NCCC1CCC(C(=O)O)CC1. The summed E-state index contributed by atoms with van der Waals surface area (Å²) < 4.78 is 0. The Morgan fingerprint density at radius 1 is 1.27 bits per heavy atom. The third kappa shape index (κ3) is 4.32. The van der Waals surface area contributed by atoms with E-state index >= 15 is 0 Å². The molecule has 0 aromatic carbocycles. The highest BCUT2D eigenvalue weighted by atomic mass is 16.4. The van der Waals surface area contributed by atoms with E-state index in [1.54, 1.807) is 0 Å². The van der Waals surface area contributed by atoms with E-state index in [1.165, 1.54) is 6.92 Å². The van der Waals surface area contributed by atoms with E-state index in [0.29, 0.717) is 5.92 Å². The fraction of sp³-hybridized carbons (Fsp3) is 0.818. The van der Waals surface area contributed by atoms with Gasteiger partial charge in [-0.2, -0.15) is 0 Å². The van der Waals surface area contributed by atoms with Crippen LogP contribution in [0.25, 0.3) is 0 Å². The van der Waals surface area contributed by atoms with Crippen molar-refractivity contribution in [2.45, 2.75) is 39.0 Å². The fourth-order valence-corrected chi connectivity index (χ4v) is 2.15. The number of rotatable bonds is 4. The Morgan fingerprint density at radius 2 is 1.87 bits per heavy atom. The van der Waals surface area contributed by atoms with Gasteiger partial charge in [0.05, 0.1) is 5.92 Å². The first-order valence-electron chi connectivity index (χ1n) is 5.57. The molecular formula is C11H19NO3. The van der Waals surface area contributed by atoms with Gasteiger partial charge in [0.2, 0.25) is 5.91 Å². The number of carboxylic acids is 1. The number of carbonyl (C=O) groups excluding carboxylic acids is 1. The molecule has 15 heavy (non-hydrogen) atoms. The monoisotopic (exact) mass is 213 g/mol. The summed E-state index contributed by atoms with van der Waals surface area (Å²) in [6, 6.07) is 0. The minimum absolute atomic E-state index is 0.00854. The van der Waals surface area contributed by atoms with Crippen LogP contribution in [0, 0.1) is 11.8 Å². The quantitative estimate of drug-likeness (QED) is 0.742. The van der Waals surface area contributed by atoms with E-state index in [2.05, 4.69) is 5.32 Å². The van der Waals surface area contributed by atoms with Gasteiger partial charge in [0.15, 0.2) is 0 Å². The molecule has 0 aliphatic heterocycles. The van der Waals surface area contributed by atoms with Crippen molar-refractivity contribution in [2.75, 3.05) is 6.54 Å². The van der Waals surface area contributed by atoms with Crippen LogP contribution >= 0.6 is 0 Å². The van der Waals surface area contributed by atoms with Crippen molar-refractivity contribution in [3.63, 3.8) is 0 Å². The Bertz CT molecular complexity index is 229. The zero-order valence-electron chi connectivity index (χ0n) is 9.16. The normalized spacial score (nSPS) is 25.9. The minimum Gasteiger partial charge on any atom is -0.481 e. The topological polar surface area (TPSA) is 66.4 Å². The fourth-order valence-electron chi connectivity index (χ4n) is 2.15. The average Bonchev–Trinajstić information content (AvgIpc) is 2.18. The molecule has 0 aromatic rings. The second kappa shape index (κ2) is 5.73. The number of carbonyl (C=O) groups is 2. The number of hydrogen-bond donors (Lipinski definition) is 2. The van der Waals surface area contributed by atoms with Gasteiger partial charge in [0, 0.05) is 13.5 Å². The molecule has 1 fully saturated rings. The van der Waals surface area contributed by atoms with Crippen LogP contribution in [-0.2, 0) is 9.59 Å². The molecule has 0 radical (unpaired) electrons. The maximum absolute atomic E-state index is 10.7. The number of nitrogens with one attached hydrogen (secondary N) is 1. The zero-order chi connectivity index (χ0) is 11.3. The van der Waals surface area contributed by atoms with Crippen molar-refractivity contribution in [2.24, 2.45) is 11.8 Å². The van der Waals surface area contributed by atoms with E-state index in [-0.39, 0.29) is 11.8 Å². The van der Waals surface area contributed by atoms with Gasteiger partial charge in [-0.3, -0.25) is 9.59 Å². The number of aliphatic carboxylic acids is 1. The predicted molar refractivity (Wildman–Crippen MR) is 56.4 cm³/mol. The van der Waals surface area contributed by atoms with Gasteiger partial charge in [-0.1, -0.05) is 0 Å². The lowest BCUT2D eigenvalue weighted by molar-refractivity contribution is -0.143. The van der Waals surface area contributed by atoms with Gasteiger partial charge < -0.3 is 10.4 Å². The second-order valence-electron chi connectivity index (χ2n) is 4.33. The number of hydrogen-bond acceptors (Lipinski definition) is 2. The first kappa shape index (κ1) is 12.0. The molecule has 1 amide bonds. The van der Waals surface area contributed by atoms with Crippen LogP contribution in [0.2, 0.25) is 0 Å². The molecule has 1 rings (SSSR count). The van der Waals surface area contributed by atoms with Crippen molar-refractivity contribution >= 4 is 11.9 Å². The van der Waals surface area contributed by atoms with E-state index in [1.807, 2.05) is 0 Å². The summed E-state index contributed by atoms with van der Waals surface area (Å²) in [5.41, 5.74) is 0. The standard InChI is InChI=1S/C11H19NO3/c1-8(13)12-7-6-9-2-4-10(5-3-9)11(14)15/h9-10H,2-7H2,1H3,(H,12,13)(H,14,15).